The molecule has 0 amide bonds. The van der Waals surface area contributed by atoms with Gasteiger partial charge in [0, 0.05) is 29.6 Å². The fourth-order valence-corrected chi connectivity index (χ4v) is 2.83. The minimum absolute atomic E-state index is 0.523. The average molecular weight is 268 g/mol. The largest absolute Gasteiger partial charge is 0.381 e. The van der Waals surface area contributed by atoms with Crippen LogP contribution in [0.2, 0.25) is 5.02 Å². The summed E-state index contributed by atoms with van der Waals surface area (Å²) in [7, 11) is 0. The third-order valence-electron chi connectivity index (χ3n) is 3.41. The first kappa shape index (κ1) is 13.9. The predicted molar refractivity (Wildman–Crippen MR) is 76.1 cm³/mol. The molecule has 100 valence electrons. The van der Waals surface area contributed by atoms with Crippen molar-refractivity contribution in [2.24, 2.45) is 5.92 Å². The molecule has 0 unspecified atom stereocenters. The van der Waals surface area contributed by atoms with Crippen LogP contribution in [0.25, 0.3) is 0 Å². The molecule has 2 atom stereocenters. The van der Waals surface area contributed by atoms with E-state index in [1.54, 1.807) is 0 Å². The molecule has 2 nitrogen and oxygen atoms in total. The van der Waals surface area contributed by atoms with Crippen molar-refractivity contribution < 1.29 is 4.74 Å². The molecule has 0 aliphatic carbocycles. The molecule has 1 heterocycles. The Kier molecular flexibility index (Phi) is 5.04. The van der Waals surface area contributed by atoms with Gasteiger partial charge in [-0.2, -0.15) is 0 Å². The van der Waals surface area contributed by atoms with Crippen LogP contribution < -0.4 is 5.32 Å². The van der Waals surface area contributed by atoms with Gasteiger partial charge in [0.2, 0.25) is 0 Å². The fraction of sp³-hybridized carbons (Fsp3) is 0.600. The Hall–Kier alpha value is -0.570. The monoisotopic (exact) mass is 267 g/mol. The van der Waals surface area contributed by atoms with E-state index in [2.05, 4.69) is 31.3 Å². The molecule has 0 radical (unpaired) electrons. The maximum absolute atomic E-state index is 6.04. The standard InChI is InChI=1S/C15H22ClNO/c1-11(2)17-15-6-7-18-10-13(15)8-12-4-3-5-14(16)9-12/h3-5,9,11,13,15,17H,6-8,10H2,1-2H3/t13-,15-/m0/s1. The second-order valence-electron chi connectivity index (χ2n) is 5.39. The van der Waals surface area contributed by atoms with Gasteiger partial charge in [0.05, 0.1) is 6.61 Å². The lowest BCUT2D eigenvalue weighted by molar-refractivity contribution is 0.0300. The Morgan fingerprint density at radius 2 is 2.28 bits per heavy atom. The lowest BCUT2D eigenvalue weighted by Crippen LogP contribution is -2.46. The quantitative estimate of drug-likeness (QED) is 0.904. The van der Waals surface area contributed by atoms with Crippen LogP contribution in [0.4, 0.5) is 0 Å². The van der Waals surface area contributed by atoms with Crippen molar-refractivity contribution in [1.82, 2.24) is 5.32 Å². The van der Waals surface area contributed by atoms with Gasteiger partial charge in [-0.1, -0.05) is 37.6 Å². The molecule has 0 aromatic heterocycles. The molecule has 1 N–H and O–H groups in total. The van der Waals surface area contributed by atoms with Crippen LogP contribution in [0.3, 0.4) is 0 Å². The molecule has 0 bridgehead atoms. The summed E-state index contributed by atoms with van der Waals surface area (Å²) in [6.07, 6.45) is 2.13. The molecular formula is C15H22ClNO. The Balaban J connectivity index is 2.00. The van der Waals surface area contributed by atoms with Crippen LogP contribution >= 0.6 is 11.6 Å². The highest BCUT2D eigenvalue weighted by Gasteiger charge is 2.26. The third-order valence-corrected chi connectivity index (χ3v) is 3.64. The molecule has 1 aromatic carbocycles. The maximum Gasteiger partial charge on any atom is 0.0512 e. The second-order valence-corrected chi connectivity index (χ2v) is 5.82. The van der Waals surface area contributed by atoms with Crippen LogP contribution in [0.1, 0.15) is 25.8 Å². The van der Waals surface area contributed by atoms with Crippen molar-refractivity contribution in [2.75, 3.05) is 13.2 Å². The summed E-state index contributed by atoms with van der Waals surface area (Å²) in [6, 6.07) is 9.22. The molecule has 1 aromatic rings. The van der Waals surface area contributed by atoms with Gasteiger partial charge in [-0.15, -0.1) is 0 Å². The average Bonchev–Trinajstić information content (AvgIpc) is 2.31. The molecule has 1 fully saturated rings. The summed E-state index contributed by atoms with van der Waals surface area (Å²) in [6.45, 7) is 6.12. The van der Waals surface area contributed by atoms with Crippen LogP contribution in [0.15, 0.2) is 24.3 Å². The van der Waals surface area contributed by atoms with E-state index >= 15 is 0 Å². The van der Waals surface area contributed by atoms with Crippen molar-refractivity contribution in [2.45, 2.75) is 38.8 Å². The molecule has 0 spiro atoms. The Labute approximate surface area is 115 Å². The first-order valence-corrected chi connectivity index (χ1v) is 7.11. The molecule has 0 saturated carbocycles. The zero-order chi connectivity index (χ0) is 13.0. The second kappa shape index (κ2) is 6.55. The van der Waals surface area contributed by atoms with E-state index < -0.39 is 0 Å². The van der Waals surface area contributed by atoms with Crippen LogP contribution in [0, 0.1) is 5.92 Å². The summed E-state index contributed by atoms with van der Waals surface area (Å²) in [5.74, 6) is 0.541. The number of hydrogen-bond acceptors (Lipinski definition) is 2. The van der Waals surface area contributed by atoms with E-state index in [1.807, 2.05) is 12.1 Å². The van der Waals surface area contributed by atoms with Gasteiger partial charge in [0.15, 0.2) is 0 Å². The number of halogens is 1. The zero-order valence-electron chi connectivity index (χ0n) is 11.2. The Morgan fingerprint density at radius 3 is 3.00 bits per heavy atom. The minimum Gasteiger partial charge on any atom is -0.381 e. The number of rotatable bonds is 4. The SMILES string of the molecule is CC(C)N[C@H]1CCOC[C@@H]1Cc1cccc(Cl)c1. The minimum atomic E-state index is 0.523. The summed E-state index contributed by atoms with van der Waals surface area (Å²) < 4.78 is 5.62. The van der Waals surface area contributed by atoms with Crippen LogP contribution in [0.5, 0.6) is 0 Å². The lowest BCUT2D eigenvalue weighted by atomic mass is 9.89. The molecule has 2 rings (SSSR count). The van der Waals surface area contributed by atoms with E-state index in [0.717, 1.165) is 31.1 Å². The smallest absolute Gasteiger partial charge is 0.0512 e. The van der Waals surface area contributed by atoms with Gasteiger partial charge in [-0.05, 0) is 30.5 Å². The highest BCUT2D eigenvalue weighted by molar-refractivity contribution is 6.30. The normalized spacial score (nSPS) is 24.4. The number of nitrogens with one attached hydrogen (secondary N) is 1. The van der Waals surface area contributed by atoms with Crippen LogP contribution in [-0.4, -0.2) is 25.3 Å². The lowest BCUT2D eigenvalue weighted by Gasteiger charge is -2.33. The van der Waals surface area contributed by atoms with E-state index in [1.165, 1.54) is 5.56 Å². The molecule has 1 aliphatic rings. The highest BCUT2D eigenvalue weighted by Crippen LogP contribution is 2.21. The van der Waals surface area contributed by atoms with Crippen LogP contribution in [-0.2, 0) is 11.2 Å². The number of ether oxygens (including phenoxy) is 1. The van der Waals surface area contributed by atoms with Crippen molar-refractivity contribution in [3.63, 3.8) is 0 Å². The van der Waals surface area contributed by atoms with Gasteiger partial charge in [0.25, 0.3) is 0 Å². The van der Waals surface area contributed by atoms with Gasteiger partial charge in [-0.3, -0.25) is 0 Å². The third kappa shape index (κ3) is 3.98. The topological polar surface area (TPSA) is 21.3 Å². The Morgan fingerprint density at radius 1 is 1.44 bits per heavy atom. The van der Waals surface area contributed by atoms with Gasteiger partial charge < -0.3 is 10.1 Å². The zero-order valence-corrected chi connectivity index (χ0v) is 11.9. The first-order chi connectivity index (χ1) is 8.65. The summed E-state index contributed by atoms with van der Waals surface area (Å²) in [5.41, 5.74) is 1.30. The summed E-state index contributed by atoms with van der Waals surface area (Å²) in [5, 5.41) is 4.47. The van der Waals surface area contributed by atoms with E-state index in [9.17, 15) is 0 Å². The maximum atomic E-state index is 6.04. The van der Waals surface area contributed by atoms with Crippen molar-refractivity contribution >= 4 is 11.6 Å². The Bertz CT molecular complexity index is 381. The van der Waals surface area contributed by atoms with Gasteiger partial charge >= 0.3 is 0 Å². The number of hydrogen-bond donors (Lipinski definition) is 1. The van der Waals surface area contributed by atoms with Crippen molar-refractivity contribution in [3.8, 4) is 0 Å². The summed E-state index contributed by atoms with van der Waals surface area (Å²) in [4.78, 5) is 0. The molecule has 18 heavy (non-hydrogen) atoms. The van der Waals surface area contributed by atoms with Crippen molar-refractivity contribution in [3.05, 3.63) is 34.9 Å². The highest BCUT2D eigenvalue weighted by atomic mass is 35.5. The molecule has 1 saturated heterocycles. The van der Waals surface area contributed by atoms with E-state index in [4.69, 9.17) is 16.3 Å². The molecule has 3 heteroatoms. The first-order valence-electron chi connectivity index (χ1n) is 6.73. The predicted octanol–water partition coefficient (Wildman–Crippen LogP) is 3.29. The van der Waals surface area contributed by atoms with E-state index in [0.29, 0.717) is 18.0 Å². The van der Waals surface area contributed by atoms with Gasteiger partial charge in [0.1, 0.15) is 0 Å². The molecular weight excluding hydrogens is 246 g/mol. The fourth-order valence-electron chi connectivity index (χ4n) is 2.61. The molecule has 1 aliphatic heterocycles. The van der Waals surface area contributed by atoms with Gasteiger partial charge in [-0.25, -0.2) is 0 Å². The number of benzene rings is 1. The summed E-state index contributed by atoms with van der Waals surface area (Å²) >= 11 is 6.04. The van der Waals surface area contributed by atoms with E-state index in [-0.39, 0.29) is 0 Å². The van der Waals surface area contributed by atoms with Crippen molar-refractivity contribution in [1.29, 1.82) is 0 Å².